The van der Waals surface area contributed by atoms with E-state index in [-0.39, 0.29) is 11.7 Å². The number of methoxy groups -OCH3 is 3. The van der Waals surface area contributed by atoms with Crippen molar-refractivity contribution < 1.29 is 23.8 Å². The second kappa shape index (κ2) is 8.34. The van der Waals surface area contributed by atoms with Crippen LogP contribution in [0.3, 0.4) is 0 Å². The van der Waals surface area contributed by atoms with E-state index in [1.54, 1.807) is 14.2 Å². The van der Waals surface area contributed by atoms with Gasteiger partial charge in [-0.3, -0.25) is 9.59 Å². The lowest BCUT2D eigenvalue weighted by Crippen LogP contribution is -2.39. The van der Waals surface area contributed by atoms with Crippen LogP contribution in [0.5, 0.6) is 11.5 Å². The van der Waals surface area contributed by atoms with Crippen molar-refractivity contribution >= 4 is 23.1 Å². The van der Waals surface area contributed by atoms with Gasteiger partial charge in [-0.2, -0.15) is 0 Å². The zero-order valence-electron chi connectivity index (χ0n) is 18.0. The fourth-order valence-corrected chi connectivity index (χ4v) is 4.42. The van der Waals surface area contributed by atoms with E-state index >= 15 is 0 Å². The SMILES string of the molecule is COC(=O)[C@H]1C(=O)C2=C(C[C@H]1C)Nc1ccccc1N[C@H]2c1ccc(OC)c(OC)c1. The van der Waals surface area contributed by atoms with E-state index in [9.17, 15) is 9.59 Å². The number of benzene rings is 2. The number of hydrogen-bond acceptors (Lipinski definition) is 7. The lowest BCUT2D eigenvalue weighted by Gasteiger charge is -2.32. The van der Waals surface area contributed by atoms with Crippen molar-refractivity contribution in [2.75, 3.05) is 32.0 Å². The number of esters is 1. The van der Waals surface area contributed by atoms with Crippen molar-refractivity contribution in [2.24, 2.45) is 11.8 Å². The van der Waals surface area contributed by atoms with Gasteiger partial charge in [0.1, 0.15) is 5.92 Å². The summed E-state index contributed by atoms with van der Waals surface area (Å²) in [5.74, 6) is -0.581. The van der Waals surface area contributed by atoms with Crippen LogP contribution in [0.25, 0.3) is 0 Å². The molecular weight excluding hydrogens is 396 g/mol. The standard InChI is InChI=1S/C24H26N2O5/c1-13-11-17-21(23(27)20(13)24(28)31-4)22(26-16-8-6-5-7-15(16)25-17)14-9-10-18(29-2)19(12-14)30-3/h5-10,12-13,20,22,25-26H,11H2,1-4H3/t13-,20-,22+/m1/s1. The molecule has 1 aliphatic carbocycles. The summed E-state index contributed by atoms with van der Waals surface area (Å²) in [5.41, 5.74) is 3.93. The number of nitrogens with one attached hydrogen (secondary N) is 2. The van der Waals surface area contributed by atoms with Crippen molar-refractivity contribution in [3.63, 3.8) is 0 Å². The molecule has 2 aromatic rings. The molecule has 1 aliphatic heterocycles. The van der Waals surface area contributed by atoms with Crippen LogP contribution >= 0.6 is 0 Å². The van der Waals surface area contributed by atoms with Crippen LogP contribution in [0.1, 0.15) is 24.9 Å². The van der Waals surface area contributed by atoms with E-state index in [1.807, 2.05) is 49.4 Å². The van der Waals surface area contributed by atoms with Gasteiger partial charge in [0, 0.05) is 11.3 Å². The summed E-state index contributed by atoms with van der Waals surface area (Å²) in [7, 11) is 4.47. The number of anilines is 2. The van der Waals surface area contributed by atoms with Gasteiger partial charge in [0.2, 0.25) is 0 Å². The number of carbonyl (C=O) groups excluding carboxylic acids is 2. The summed E-state index contributed by atoms with van der Waals surface area (Å²) in [4.78, 5) is 26.1. The van der Waals surface area contributed by atoms with Gasteiger partial charge in [-0.15, -0.1) is 0 Å². The largest absolute Gasteiger partial charge is 0.493 e. The average molecular weight is 422 g/mol. The smallest absolute Gasteiger partial charge is 0.316 e. The molecule has 0 saturated carbocycles. The first-order chi connectivity index (χ1) is 15.0. The molecule has 0 radical (unpaired) electrons. The molecule has 7 heteroatoms. The Morgan fingerprint density at radius 2 is 1.71 bits per heavy atom. The van der Waals surface area contributed by atoms with E-state index in [2.05, 4.69) is 10.6 Å². The Balaban J connectivity index is 1.88. The molecule has 0 aromatic heterocycles. The van der Waals surface area contributed by atoms with Crippen LogP contribution in [-0.2, 0) is 14.3 Å². The van der Waals surface area contributed by atoms with Gasteiger partial charge in [-0.25, -0.2) is 0 Å². The van der Waals surface area contributed by atoms with Crippen LogP contribution < -0.4 is 20.1 Å². The topological polar surface area (TPSA) is 85.9 Å². The van der Waals surface area contributed by atoms with Crippen LogP contribution in [0.4, 0.5) is 11.4 Å². The van der Waals surface area contributed by atoms with Crippen LogP contribution in [-0.4, -0.2) is 33.1 Å². The number of Topliss-reactive ketones (excluding diaryl/α,β-unsaturated/α-hetero) is 1. The Morgan fingerprint density at radius 1 is 1.00 bits per heavy atom. The lowest BCUT2D eigenvalue weighted by molar-refractivity contribution is -0.151. The molecule has 7 nitrogen and oxygen atoms in total. The molecule has 4 rings (SSSR count). The molecule has 3 atom stereocenters. The minimum absolute atomic E-state index is 0.178. The Hall–Kier alpha value is -3.48. The van der Waals surface area contributed by atoms with Gasteiger partial charge >= 0.3 is 5.97 Å². The second-order valence-electron chi connectivity index (χ2n) is 7.80. The first kappa shape index (κ1) is 20.8. The van der Waals surface area contributed by atoms with E-state index < -0.39 is 17.9 Å². The fourth-order valence-electron chi connectivity index (χ4n) is 4.42. The molecule has 0 bridgehead atoms. The molecule has 1 heterocycles. The maximum atomic E-state index is 13.6. The quantitative estimate of drug-likeness (QED) is 0.570. The Morgan fingerprint density at radius 3 is 2.39 bits per heavy atom. The fraction of sp³-hybridized carbons (Fsp3) is 0.333. The summed E-state index contributed by atoms with van der Waals surface area (Å²) in [6, 6.07) is 12.9. The predicted molar refractivity (Wildman–Crippen MR) is 117 cm³/mol. The van der Waals surface area contributed by atoms with Gasteiger partial charge in [0.25, 0.3) is 0 Å². The number of ketones is 1. The molecule has 0 amide bonds. The molecule has 0 unspecified atom stereocenters. The number of allylic oxidation sites excluding steroid dienone is 1. The highest BCUT2D eigenvalue weighted by Crippen LogP contribution is 2.44. The Labute approximate surface area is 181 Å². The van der Waals surface area contributed by atoms with Gasteiger partial charge in [0.05, 0.1) is 38.7 Å². The summed E-state index contributed by atoms with van der Waals surface area (Å²) in [6.07, 6.45) is 0.556. The average Bonchev–Trinajstić information content (AvgIpc) is 2.94. The molecular formula is C24H26N2O5. The predicted octanol–water partition coefficient (Wildman–Crippen LogP) is 3.93. The van der Waals surface area contributed by atoms with Crippen LogP contribution in [0.15, 0.2) is 53.7 Å². The number of ether oxygens (including phenoxy) is 3. The van der Waals surface area contributed by atoms with Crippen molar-refractivity contribution in [1.29, 1.82) is 0 Å². The number of rotatable bonds is 4. The minimum atomic E-state index is -0.837. The Bertz CT molecular complexity index is 1060. The summed E-state index contributed by atoms with van der Waals surface area (Å²) in [6.45, 7) is 1.90. The van der Waals surface area contributed by atoms with Crippen molar-refractivity contribution in [1.82, 2.24) is 0 Å². The van der Waals surface area contributed by atoms with Crippen molar-refractivity contribution in [3.8, 4) is 11.5 Å². The molecule has 162 valence electrons. The Kier molecular flexibility index (Phi) is 5.59. The maximum Gasteiger partial charge on any atom is 0.316 e. The van der Waals surface area contributed by atoms with E-state index in [0.29, 0.717) is 23.5 Å². The zero-order valence-corrected chi connectivity index (χ0v) is 18.0. The third-order valence-corrected chi connectivity index (χ3v) is 5.97. The number of fused-ring (bicyclic) bond motifs is 1. The maximum absolute atomic E-state index is 13.6. The molecule has 31 heavy (non-hydrogen) atoms. The number of hydrogen-bond donors (Lipinski definition) is 2. The second-order valence-corrected chi connectivity index (χ2v) is 7.80. The molecule has 0 fully saturated rings. The van der Waals surface area contributed by atoms with Gasteiger partial charge < -0.3 is 24.8 Å². The molecule has 2 N–H and O–H groups in total. The van der Waals surface area contributed by atoms with Crippen LogP contribution in [0.2, 0.25) is 0 Å². The number of para-hydroxylation sites is 2. The van der Waals surface area contributed by atoms with Crippen molar-refractivity contribution in [3.05, 3.63) is 59.3 Å². The highest BCUT2D eigenvalue weighted by Gasteiger charge is 2.44. The first-order valence-electron chi connectivity index (χ1n) is 10.2. The highest BCUT2D eigenvalue weighted by molar-refractivity contribution is 6.11. The van der Waals surface area contributed by atoms with E-state index in [1.165, 1.54) is 7.11 Å². The zero-order chi connectivity index (χ0) is 22.1. The van der Waals surface area contributed by atoms with Gasteiger partial charge in [0.15, 0.2) is 17.3 Å². The summed E-state index contributed by atoms with van der Waals surface area (Å²) < 4.78 is 15.8. The van der Waals surface area contributed by atoms with Gasteiger partial charge in [-0.1, -0.05) is 25.1 Å². The first-order valence-corrected chi connectivity index (χ1v) is 10.2. The number of carbonyl (C=O) groups is 2. The van der Waals surface area contributed by atoms with Crippen LogP contribution in [0, 0.1) is 11.8 Å². The molecule has 2 aliphatic rings. The third-order valence-electron chi connectivity index (χ3n) is 5.97. The minimum Gasteiger partial charge on any atom is -0.493 e. The lowest BCUT2D eigenvalue weighted by atomic mass is 9.75. The molecule has 0 spiro atoms. The van der Waals surface area contributed by atoms with Gasteiger partial charge in [-0.05, 0) is 42.2 Å². The summed E-state index contributed by atoms with van der Waals surface area (Å²) in [5, 5.41) is 6.94. The van der Waals surface area contributed by atoms with E-state index in [4.69, 9.17) is 14.2 Å². The van der Waals surface area contributed by atoms with E-state index in [0.717, 1.165) is 22.6 Å². The molecule has 2 aromatic carbocycles. The highest BCUT2D eigenvalue weighted by atomic mass is 16.5. The third kappa shape index (κ3) is 3.60. The summed E-state index contributed by atoms with van der Waals surface area (Å²) >= 11 is 0. The monoisotopic (exact) mass is 422 g/mol. The normalized spacial score (nSPS) is 22.3. The van der Waals surface area contributed by atoms with Crippen molar-refractivity contribution in [2.45, 2.75) is 19.4 Å². The molecule has 0 saturated heterocycles.